The molecule has 170 valence electrons. The number of benzene rings is 2. The molecule has 1 atom stereocenters. The Kier molecular flexibility index (Phi) is 7.58. The topological polar surface area (TPSA) is 95.8 Å². The molecule has 2 aromatic carbocycles. The van der Waals surface area contributed by atoms with Crippen molar-refractivity contribution in [3.63, 3.8) is 0 Å². The summed E-state index contributed by atoms with van der Waals surface area (Å²) in [5, 5.41) is 14.3. The molecule has 1 saturated heterocycles. The van der Waals surface area contributed by atoms with Gasteiger partial charge in [0.15, 0.2) is 0 Å². The molecule has 2 amide bonds. The van der Waals surface area contributed by atoms with E-state index in [2.05, 4.69) is 10.2 Å². The zero-order valence-electron chi connectivity index (χ0n) is 17.8. The summed E-state index contributed by atoms with van der Waals surface area (Å²) in [6, 6.07) is 10.5. The first-order valence-corrected chi connectivity index (χ1v) is 11.0. The van der Waals surface area contributed by atoms with Crippen LogP contribution in [-0.4, -0.2) is 53.9 Å². The van der Waals surface area contributed by atoms with Crippen LogP contribution < -0.4 is 10.2 Å². The van der Waals surface area contributed by atoms with Crippen LogP contribution in [0, 0.1) is 16.0 Å². The van der Waals surface area contributed by atoms with Crippen LogP contribution in [0.25, 0.3) is 0 Å². The molecule has 3 rings (SSSR count). The highest BCUT2D eigenvalue weighted by molar-refractivity contribution is 6.34. The Labute approximate surface area is 196 Å². The lowest BCUT2D eigenvalue weighted by molar-refractivity contribution is -0.384. The van der Waals surface area contributed by atoms with E-state index in [9.17, 15) is 19.7 Å². The molecule has 0 unspecified atom stereocenters. The molecule has 0 aromatic heterocycles. The van der Waals surface area contributed by atoms with E-state index in [1.165, 1.54) is 12.1 Å². The van der Waals surface area contributed by atoms with Gasteiger partial charge in [-0.05, 0) is 30.2 Å². The van der Waals surface area contributed by atoms with Crippen LogP contribution in [0.15, 0.2) is 42.5 Å². The van der Waals surface area contributed by atoms with Gasteiger partial charge in [-0.2, -0.15) is 0 Å². The summed E-state index contributed by atoms with van der Waals surface area (Å²) >= 11 is 12.1. The van der Waals surface area contributed by atoms with Crippen LogP contribution >= 0.6 is 23.2 Å². The summed E-state index contributed by atoms with van der Waals surface area (Å²) in [6.45, 7) is 6.04. The number of hydrogen-bond donors (Lipinski definition) is 1. The maximum Gasteiger partial charge on any atom is 0.270 e. The number of non-ortho nitro benzene ring substituents is 1. The van der Waals surface area contributed by atoms with E-state index in [-0.39, 0.29) is 28.1 Å². The number of carbonyl (C=O) groups excluding carboxylic acids is 2. The molecule has 1 heterocycles. The van der Waals surface area contributed by atoms with Gasteiger partial charge < -0.3 is 15.1 Å². The summed E-state index contributed by atoms with van der Waals surface area (Å²) in [4.78, 5) is 40.1. The molecule has 1 aliphatic rings. The zero-order valence-corrected chi connectivity index (χ0v) is 19.3. The number of nitro benzene ring substituents is 1. The van der Waals surface area contributed by atoms with Crippen molar-refractivity contribution in [3.8, 4) is 0 Å². The second-order valence-electron chi connectivity index (χ2n) is 7.91. The Bertz CT molecular complexity index is 1020. The van der Waals surface area contributed by atoms with Gasteiger partial charge in [-0.3, -0.25) is 19.7 Å². The molecule has 0 saturated carbocycles. The van der Waals surface area contributed by atoms with Crippen molar-refractivity contribution in [3.05, 3.63) is 68.2 Å². The molecule has 32 heavy (non-hydrogen) atoms. The number of nitro groups is 1. The standard InChI is InChI=1S/C22H24Cl2N4O4/c1-14(2)20(25-21(29)18-7-6-17(28(31)32)13-19(18)24)22(30)27-10-8-26(9-11-27)16-5-3-4-15(23)12-16/h3-7,12-14,20H,8-11H2,1-2H3,(H,25,29)/t20-/m1/s1. The Morgan fingerprint density at radius 1 is 1.06 bits per heavy atom. The number of nitrogens with zero attached hydrogens (tertiary/aromatic N) is 3. The molecule has 1 fully saturated rings. The Hall–Kier alpha value is -2.84. The average molecular weight is 479 g/mol. The van der Waals surface area contributed by atoms with Crippen molar-refractivity contribution in [1.29, 1.82) is 0 Å². The van der Waals surface area contributed by atoms with E-state index >= 15 is 0 Å². The number of halogens is 2. The lowest BCUT2D eigenvalue weighted by Gasteiger charge is -2.38. The maximum atomic E-state index is 13.2. The van der Waals surface area contributed by atoms with Crippen LogP contribution in [0.1, 0.15) is 24.2 Å². The second-order valence-corrected chi connectivity index (χ2v) is 8.75. The number of carbonyl (C=O) groups is 2. The number of amides is 2. The smallest absolute Gasteiger partial charge is 0.270 e. The van der Waals surface area contributed by atoms with Crippen LogP contribution in [-0.2, 0) is 4.79 Å². The van der Waals surface area contributed by atoms with Crippen LogP contribution in [0.2, 0.25) is 10.0 Å². The van der Waals surface area contributed by atoms with Crippen molar-refractivity contribution in [2.75, 3.05) is 31.1 Å². The highest BCUT2D eigenvalue weighted by Gasteiger charge is 2.31. The average Bonchev–Trinajstić information content (AvgIpc) is 2.76. The lowest BCUT2D eigenvalue weighted by atomic mass is 10.0. The largest absolute Gasteiger partial charge is 0.368 e. The van der Waals surface area contributed by atoms with Crippen molar-refractivity contribution >= 4 is 46.4 Å². The third-order valence-corrected chi connectivity index (χ3v) is 5.94. The summed E-state index contributed by atoms with van der Waals surface area (Å²) in [7, 11) is 0. The normalized spacial score (nSPS) is 14.9. The predicted molar refractivity (Wildman–Crippen MR) is 124 cm³/mol. The molecule has 0 aliphatic carbocycles. The number of rotatable bonds is 6. The quantitative estimate of drug-likeness (QED) is 0.499. The first kappa shape index (κ1) is 23.8. The van der Waals surface area contributed by atoms with Gasteiger partial charge in [0.2, 0.25) is 5.91 Å². The number of nitrogens with one attached hydrogen (secondary N) is 1. The molecule has 1 aliphatic heterocycles. The lowest BCUT2D eigenvalue weighted by Crippen LogP contribution is -2.56. The summed E-state index contributed by atoms with van der Waals surface area (Å²) < 4.78 is 0. The Balaban J connectivity index is 1.66. The first-order valence-electron chi connectivity index (χ1n) is 10.2. The van der Waals surface area contributed by atoms with Crippen LogP contribution in [0.4, 0.5) is 11.4 Å². The van der Waals surface area contributed by atoms with Gasteiger partial charge in [0.25, 0.3) is 11.6 Å². The maximum absolute atomic E-state index is 13.2. The molecule has 1 N–H and O–H groups in total. The zero-order chi connectivity index (χ0) is 23.4. The van der Waals surface area contributed by atoms with Gasteiger partial charge in [0, 0.05) is 49.0 Å². The number of hydrogen-bond acceptors (Lipinski definition) is 5. The van der Waals surface area contributed by atoms with Gasteiger partial charge in [-0.15, -0.1) is 0 Å². The third-order valence-electron chi connectivity index (χ3n) is 5.39. The van der Waals surface area contributed by atoms with E-state index in [0.717, 1.165) is 11.8 Å². The monoisotopic (exact) mass is 478 g/mol. The predicted octanol–water partition coefficient (Wildman–Crippen LogP) is 4.00. The summed E-state index contributed by atoms with van der Waals surface area (Å²) in [5.74, 6) is -0.874. The molecular formula is C22H24Cl2N4O4. The molecule has 0 radical (unpaired) electrons. The van der Waals surface area contributed by atoms with E-state index < -0.39 is 16.9 Å². The minimum atomic E-state index is -0.744. The highest BCUT2D eigenvalue weighted by atomic mass is 35.5. The highest BCUT2D eigenvalue weighted by Crippen LogP contribution is 2.24. The Morgan fingerprint density at radius 2 is 1.75 bits per heavy atom. The molecular weight excluding hydrogens is 455 g/mol. The molecule has 2 aromatic rings. The fourth-order valence-corrected chi connectivity index (χ4v) is 4.03. The van der Waals surface area contributed by atoms with Gasteiger partial charge in [0.05, 0.1) is 15.5 Å². The molecule has 8 nitrogen and oxygen atoms in total. The van der Waals surface area contributed by atoms with Crippen molar-refractivity contribution in [2.24, 2.45) is 5.92 Å². The minimum Gasteiger partial charge on any atom is -0.368 e. The molecule has 0 bridgehead atoms. The molecule has 0 spiro atoms. The first-order chi connectivity index (χ1) is 15.2. The van der Waals surface area contributed by atoms with Gasteiger partial charge >= 0.3 is 0 Å². The van der Waals surface area contributed by atoms with Crippen molar-refractivity contribution < 1.29 is 14.5 Å². The van der Waals surface area contributed by atoms with Crippen molar-refractivity contribution in [2.45, 2.75) is 19.9 Å². The van der Waals surface area contributed by atoms with Gasteiger partial charge in [0.1, 0.15) is 6.04 Å². The summed E-state index contributed by atoms with van der Waals surface area (Å²) in [5.41, 5.74) is 0.883. The number of anilines is 1. The SMILES string of the molecule is CC(C)[C@@H](NC(=O)c1ccc([N+](=O)[O-])cc1Cl)C(=O)N1CCN(c2cccc(Cl)c2)CC1. The number of piperazine rings is 1. The fraction of sp³-hybridized carbons (Fsp3) is 0.364. The van der Waals surface area contributed by atoms with E-state index in [4.69, 9.17) is 23.2 Å². The fourth-order valence-electron chi connectivity index (χ4n) is 3.59. The van der Waals surface area contributed by atoms with E-state index in [0.29, 0.717) is 31.2 Å². The second kappa shape index (κ2) is 10.2. The summed E-state index contributed by atoms with van der Waals surface area (Å²) in [6.07, 6.45) is 0. The minimum absolute atomic E-state index is 0.0400. The van der Waals surface area contributed by atoms with Gasteiger partial charge in [-0.1, -0.05) is 43.1 Å². The third kappa shape index (κ3) is 5.49. The van der Waals surface area contributed by atoms with Crippen LogP contribution in [0.5, 0.6) is 0 Å². The van der Waals surface area contributed by atoms with Crippen molar-refractivity contribution in [1.82, 2.24) is 10.2 Å². The van der Waals surface area contributed by atoms with Crippen LogP contribution in [0.3, 0.4) is 0 Å². The van der Waals surface area contributed by atoms with Gasteiger partial charge in [-0.25, -0.2) is 0 Å². The van der Waals surface area contributed by atoms with E-state index in [1.54, 1.807) is 4.90 Å². The Morgan fingerprint density at radius 3 is 2.31 bits per heavy atom. The van der Waals surface area contributed by atoms with E-state index in [1.807, 2.05) is 38.1 Å². The molecule has 10 heteroatoms.